The molecule has 1 aromatic heterocycles. The first-order valence-electron chi connectivity index (χ1n) is 5.18. The van der Waals surface area contributed by atoms with Crippen molar-refractivity contribution in [2.24, 2.45) is 12.8 Å². The Balaban J connectivity index is 2.80. The van der Waals surface area contributed by atoms with Crippen LogP contribution < -0.4 is 5.73 Å². The Labute approximate surface area is 99.4 Å². The van der Waals surface area contributed by atoms with E-state index in [1.54, 1.807) is 0 Å². The molecule has 0 aliphatic carbocycles. The van der Waals surface area contributed by atoms with E-state index in [2.05, 4.69) is 0 Å². The van der Waals surface area contributed by atoms with Gasteiger partial charge in [-0.25, -0.2) is 0 Å². The fourth-order valence-corrected chi connectivity index (χ4v) is 2.28. The summed E-state index contributed by atoms with van der Waals surface area (Å²) in [5, 5.41) is 11.6. The van der Waals surface area contributed by atoms with E-state index >= 15 is 0 Å². The summed E-state index contributed by atoms with van der Waals surface area (Å²) in [5.41, 5.74) is 8.48. The number of nitrogens with zero attached hydrogens (tertiary/aromatic N) is 1. The van der Waals surface area contributed by atoms with Crippen molar-refractivity contribution >= 4 is 22.5 Å². The lowest BCUT2D eigenvalue weighted by atomic mass is 10.1. The molecule has 1 atom stereocenters. The Morgan fingerprint density at radius 2 is 2.19 bits per heavy atom. The summed E-state index contributed by atoms with van der Waals surface area (Å²) in [5.74, 6) is 0. The van der Waals surface area contributed by atoms with Crippen LogP contribution in [0.4, 0.5) is 0 Å². The molecule has 0 spiro atoms. The van der Waals surface area contributed by atoms with Gasteiger partial charge in [-0.15, -0.1) is 0 Å². The third kappa shape index (κ3) is 1.61. The van der Waals surface area contributed by atoms with Crippen molar-refractivity contribution in [2.45, 2.75) is 13.0 Å². The van der Waals surface area contributed by atoms with E-state index in [-0.39, 0.29) is 6.54 Å². The molecular formula is C12H15ClN2O. The number of hydrogen-bond donors (Lipinski definition) is 2. The van der Waals surface area contributed by atoms with E-state index in [1.807, 2.05) is 36.7 Å². The number of aliphatic hydroxyl groups excluding tert-OH is 1. The summed E-state index contributed by atoms with van der Waals surface area (Å²) in [6.07, 6.45) is -0.637. The minimum atomic E-state index is -0.637. The fraction of sp³-hybridized carbons (Fsp3) is 0.333. The Hall–Kier alpha value is -1.03. The molecule has 1 unspecified atom stereocenters. The van der Waals surface area contributed by atoms with Crippen LogP contribution in [0.5, 0.6) is 0 Å². The SMILES string of the molecule is Cc1c(C(O)CN)c2cc(Cl)ccc2n1C. The van der Waals surface area contributed by atoms with Crippen LogP contribution >= 0.6 is 11.6 Å². The highest BCUT2D eigenvalue weighted by molar-refractivity contribution is 6.31. The quantitative estimate of drug-likeness (QED) is 0.842. The largest absolute Gasteiger partial charge is 0.387 e. The van der Waals surface area contributed by atoms with Crippen molar-refractivity contribution < 1.29 is 5.11 Å². The Bertz CT molecular complexity index is 533. The van der Waals surface area contributed by atoms with Crippen LogP contribution in [0.3, 0.4) is 0 Å². The zero-order valence-corrected chi connectivity index (χ0v) is 10.1. The molecule has 86 valence electrons. The van der Waals surface area contributed by atoms with Crippen LogP contribution in [0.2, 0.25) is 5.02 Å². The topological polar surface area (TPSA) is 51.2 Å². The number of fused-ring (bicyclic) bond motifs is 1. The fourth-order valence-electron chi connectivity index (χ4n) is 2.11. The molecule has 2 rings (SSSR count). The predicted octanol–water partition coefficient (Wildman–Crippen LogP) is 2.13. The third-order valence-electron chi connectivity index (χ3n) is 3.06. The molecule has 3 N–H and O–H groups in total. The van der Waals surface area contributed by atoms with E-state index < -0.39 is 6.10 Å². The molecule has 0 saturated heterocycles. The zero-order chi connectivity index (χ0) is 11.9. The number of rotatable bonds is 2. The number of nitrogens with two attached hydrogens (primary N) is 1. The monoisotopic (exact) mass is 238 g/mol. The highest BCUT2D eigenvalue weighted by Crippen LogP contribution is 2.31. The van der Waals surface area contributed by atoms with Gasteiger partial charge >= 0.3 is 0 Å². The molecule has 0 radical (unpaired) electrons. The average Bonchev–Trinajstić information content (AvgIpc) is 2.51. The van der Waals surface area contributed by atoms with Crippen molar-refractivity contribution in [3.8, 4) is 0 Å². The van der Waals surface area contributed by atoms with Crippen molar-refractivity contribution in [3.63, 3.8) is 0 Å². The summed E-state index contributed by atoms with van der Waals surface area (Å²) >= 11 is 5.98. The van der Waals surface area contributed by atoms with Crippen LogP contribution in [0.1, 0.15) is 17.4 Å². The van der Waals surface area contributed by atoms with Crippen molar-refractivity contribution in [2.75, 3.05) is 6.54 Å². The van der Waals surface area contributed by atoms with Gasteiger partial charge in [0.15, 0.2) is 0 Å². The number of aliphatic hydroxyl groups is 1. The Morgan fingerprint density at radius 1 is 1.50 bits per heavy atom. The molecule has 4 heteroatoms. The van der Waals surface area contributed by atoms with Gasteiger partial charge in [-0.05, 0) is 25.1 Å². The summed E-state index contributed by atoms with van der Waals surface area (Å²) in [7, 11) is 1.97. The average molecular weight is 239 g/mol. The second-order valence-electron chi connectivity index (χ2n) is 3.97. The van der Waals surface area contributed by atoms with E-state index in [0.29, 0.717) is 5.02 Å². The van der Waals surface area contributed by atoms with Gasteiger partial charge in [-0.1, -0.05) is 11.6 Å². The standard InChI is InChI=1S/C12H15ClN2O/c1-7-12(11(16)6-14)9-5-8(13)3-4-10(9)15(7)2/h3-5,11,16H,6,14H2,1-2H3. The number of halogens is 1. The Kier molecular flexibility index (Phi) is 2.93. The summed E-state index contributed by atoms with van der Waals surface area (Å²) in [6, 6.07) is 5.68. The minimum Gasteiger partial charge on any atom is -0.387 e. The molecule has 16 heavy (non-hydrogen) atoms. The van der Waals surface area contributed by atoms with Crippen LogP contribution in [0, 0.1) is 6.92 Å². The van der Waals surface area contributed by atoms with Gasteiger partial charge in [-0.2, -0.15) is 0 Å². The summed E-state index contributed by atoms with van der Waals surface area (Å²) in [4.78, 5) is 0. The molecule has 0 aliphatic heterocycles. The zero-order valence-electron chi connectivity index (χ0n) is 9.37. The summed E-state index contributed by atoms with van der Waals surface area (Å²) < 4.78 is 2.04. The molecule has 0 bridgehead atoms. The van der Waals surface area contributed by atoms with Crippen LogP contribution in [0.25, 0.3) is 10.9 Å². The van der Waals surface area contributed by atoms with Gasteiger partial charge in [0.05, 0.1) is 6.10 Å². The molecule has 0 saturated carbocycles. The number of aryl methyl sites for hydroxylation is 1. The van der Waals surface area contributed by atoms with Crippen molar-refractivity contribution in [1.82, 2.24) is 4.57 Å². The lowest BCUT2D eigenvalue weighted by Crippen LogP contribution is -2.12. The van der Waals surface area contributed by atoms with Crippen molar-refractivity contribution in [1.29, 1.82) is 0 Å². The highest BCUT2D eigenvalue weighted by atomic mass is 35.5. The predicted molar refractivity (Wildman–Crippen MR) is 66.7 cm³/mol. The van der Waals surface area contributed by atoms with E-state index in [1.165, 1.54) is 0 Å². The molecule has 1 aromatic carbocycles. The second-order valence-corrected chi connectivity index (χ2v) is 4.41. The smallest absolute Gasteiger partial charge is 0.0935 e. The Morgan fingerprint density at radius 3 is 2.81 bits per heavy atom. The van der Waals surface area contributed by atoms with Crippen LogP contribution in [0.15, 0.2) is 18.2 Å². The van der Waals surface area contributed by atoms with E-state index in [4.69, 9.17) is 17.3 Å². The van der Waals surface area contributed by atoms with Gasteiger partial charge in [0.25, 0.3) is 0 Å². The van der Waals surface area contributed by atoms with Gasteiger partial charge in [0, 0.05) is 40.8 Å². The molecular weight excluding hydrogens is 224 g/mol. The van der Waals surface area contributed by atoms with E-state index in [9.17, 15) is 5.11 Å². The first-order valence-corrected chi connectivity index (χ1v) is 5.56. The van der Waals surface area contributed by atoms with Gasteiger partial charge in [0.1, 0.15) is 0 Å². The molecule has 1 heterocycles. The lowest BCUT2D eigenvalue weighted by Gasteiger charge is -2.08. The molecule has 0 aliphatic rings. The van der Waals surface area contributed by atoms with Gasteiger partial charge in [-0.3, -0.25) is 0 Å². The molecule has 0 amide bonds. The maximum absolute atomic E-state index is 9.93. The number of benzene rings is 1. The third-order valence-corrected chi connectivity index (χ3v) is 3.29. The second kappa shape index (κ2) is 4.09. The normalized spacial score (nSPS) is 13.3. The van der Waals surface area contributed by atoms with E-state index in [0.717, 1.165) is 22.2 Å². The van der Waals surface area contributed by atoms with Crippen LogP contribution in [-0.4, -0.2) is 16.2 Å². The van der Waals surface area contributed by atoms with Gasteiger partial charge in [0.2, 0.25) is 0 Å². The first-order chi connectivity index (χ1) is 7.56. The number of hydrogen-bond acceptors (Lipinski definition) is 2. The molecule has 3 nitrogen and oxygen atoms in total. The lowest BCUT2D eigenvalue weighted by molar-refractivity contribution is 0.187. The molecule has 0 fully saturated rings. The maximum Gasteiger partial charge on any atom is 0.0935 e. The van der Waals surface area contributed by atoms with Crippen molar-refractivity contribution in [3.05, 3.63) is 34.5 Å². The van der Waals surface area contributed by atoms with Gasteiger partial charge < -0.3 is 15.4 Å². The summed E-state index contributed by atoms with van der Waals surface area (Å²) in [6.45, 7) is 2.19. The highest BCUT2D eigenvalue weighted by Gasteiger charge is 2.17. The maximum atomic E-state index is 9.93. The minimum absolute atomic E-state index is 0.215. The molecule has 2 aromatic rings. The number of aromatic nitrogens is 1. The first kappa shape index (κ1) is 11.5. The van der Waals surface area contributed by atoms with Crippen LogP contribution in [-0.2, 0) is 7.05 Å².